The van der Waals surface area contributed by atoms with E-state index in [4.69, 9.17) is 4.74 Å². The summed E-state index contributed by atoms with van der Waals surface area (Å²) in [5.74, 6) is 1.48. The van der Waals surface area contributed by atoms with Crippen molar-refractivity contribution in [2.24, 2.45) is 0 Å². The predicted octanol–water partition coefficient (Wildman–Crippen LogP) is 3.60. The molecule has 4 rings (SSSR count). The molecule has 0 aliphatic carbocycles. The monoisotopic (exact) mass is 292 g/mol. The van der Waals surface area contributed by atoms with Gasteiger partial charge in [0.15, 0.2) is 0 Å². The van der Waals surface area contributed by atoms with Gasteiger partial charge in [-0.15, -0.1) is 0 Å². The van der Waals surface area contributed by atoms with Gasteiger partial charge in [-0.05, 0) is 30.7 Å². The average Bonchev–Trinajstić information content (AvgIpc) is 2.58. The third-order valence-corrected chi connectivity index (χ3v) is 3.95. The van der Waals surface area contributed by atoms with Gasteiger partial charge in [0.2, 0.25) is 5.88 Å². The second-order valence-electron chi connectivity index (χ2n) is 5.28. The van der Waals surface area contributed by atoms with Crippen molar-refractivity contribution in [3.05, 3.63) is 30.6 Å². The van der Waals surface area contributed by atoms with Crippen LogP contribution < -0.4 is 10.1 Å². The first kappa shape index (κ1) is 13.0. The first-order chi connectivity index (χ1) is 10.8. The number of ether oxygens (including phenoxy) is 1. The summed E-state index contributed by atoms with van der Waals surface area (Å²) in [6.07, 6.45) is 2.64. The van der Waals surface area contributed by atoms with Gasteiger partial charge >= 0.3 is 0 Å². The normalized spacial score (nSPS) is 11.5. The maximum absolute atomic E-state index is 5.50. The predicted molar refractivity (Wildman–Crippen MR) is 88.9 cm³/mol. The Hall–Kier alpha value is -2.69. The van der Waals surface area contributed by atoms with Crippen LogP contribution >= 0.6 is 0 Å². The highest BCUT2D eigenvalue weighted by atomic mass is 16.5. The molecule has 0 fully saturated rings. The van der Waals surface area contributed by atoms with E-state index < -0.39 is 0 Å². The number of methoxy groups -OCH3 is 1. The SMILES string of the molecule is CCCNc1nc(OC)c2ccc3ncnc4ccc1c2c43. The molecular formula is C17H16N4O. The van der Waals surface area contributed by atoms with Crippen molar-refractivity contribution in [1.29, 1.82) is 0 Å². The lowest BCUT2D eigenvalue weighted by atomic mass is 10.00. The van der Waals surface area contributed by atoms with E-state index in [-0.39, 0.29) is 0 Å². The van der Waals surface area contributed by atoms with Gasteiger partial charge in [-0.3, -0.25) is 0 Å². The minimum Gasteiger partial charge on any atom is -0.480 e. The Morgan fingerprint density at radius 3 is 2.41 bits per heavy atom. The van der Waals surface area contributed by atoms with Crippen LogP contribution in [0.3, 0.4) is 0 Å². The summed E-state index contributed by atoms with van der Waals surface area (Å²) >= 11 is 0. The molecule has 0 aliphatic heterocycles. The van der Waals surface area contributed by atoms with Crippen LogP contribution in [0.4, 0.5) is 5.82 Å². The number of hydrogen-bond acceptors (Lipinski definition) is 5. The van der Waals surface area contributed by atoms with E-state index in [0.717, 1.165) is 51.4 Å². The van der Waals surface area contributed by atoms with Crippen LogP contribution in [-0.2, 0) is 0 Å². The van der Waals surface area contributed by atoms with E-state index in [1.54, 1.807) is 13.4 Å². The van der Waals surface area contributed by atoms with Crippen molar-refractivity contribution in [2.45, 2.75) is 13.3 Å². The van der Waals surface area contributed by atoms with Crippen LogP contribution in [-0.4, -0.2) is 28.6 Å². The zero-order valence-corrected chi connectivity index (χ0v) is 12.6. The van der Waals surface area contributed by atoms with Crippen molar-refractivity contribution in [1.82, 2.24) is 15.0 Å². The van der Waals surface area contributed by atoms with E-state index in [0.29, 0.717) is 5.88 Å². The molecule has 2 aromatic carbocycles. The zero-order chi connectivity index (χ0) is 15.1. The largest absolute Gasteiger partial charge is 0.480 e. The average molecular weight is 292 g/mol. The van der Waals surface area contributed by atoms with Gasteiger partial charge in [0.25, 0.3) is 0 Å². The fourth-order valence-electron chi connectivity index (χ4n) is 2.96. The second kappa shape index (κ2) is 4.94. The van der Waals surface area contributed by atoms with Crippen molar-refractivity contribution in [3.8, 4) is 5.88 Å². The lowest BCUT2D eigenvalue weighted by Crippen LogP contribution is -2.04. The maximum Gasteiger partial charge on any atom is 0.223 e. The van der Waals surface area contributed by atoms with Gasteiger partial charge < -0.3 is 10.1 Å². The van der Waals surface area contributed by atoms with Crippen LogP contribution in [0, 0.1) is 0 Å². The van der Waals surface area contributed by atoms with Crippen LogP contribution in [0.15, 0.2) is 30.6 Å². The fourth-order valence-corrected chi connectivity index (χ4v) is 2.96. The summed E-state index contributed by atoms with van der Waals surface area (Å²) < 4.78 is 5.50. The molecule has 0 bridgehead atoms. The zero-order valence-electron chi connectivity index (χ0n) is 12.6. The first-order valence-corrected chi connectivity index (χ1v) is 7.41. The highest BCUT2D eigenvalue weighted by Gasteiger charge is 2.16. The van der Waals surface area contributed by atoms with Gasteiger partial charge in [-0.25, -0.2) is 9.97 Å². The summed E-state index contributed by atoms with van der Waals surface area (Å²) in [7, 11) is 1.65. The summed E-state index contributed by atoms with van der Waals surface area (Å²) in [5.41, 5.74) is 1.88. The van der Waals surface area contributed by atoms with E-state index in [2.05, 4.69) is 33.3 Å². The molecule has 110 valence electrons. The Bertz CT molecular complexity index is 951. The van der Waals surface area contributed by atoms with E-state index >= 15 is 0 Å². The number of benzene rings is 2. The molecule has 2 aromatic heterocycles. The Labute approximate surface area is 127 Å². The molecule has 5 heteroatoms. The Morgan fingerprint density at radius 2 is 1.73 bits per heavy atom. The fraction of sp³-hybridized carbons (Fsp3) is 0.235. The number of pyridine rings is 1. The number of anilines is 1. The Kier molecular flexibility index (Phi) is 2.92. The molecular weight excluding hydrogens is 276 g/mol. The van der Waals surface area contributed by atoms with E-state index in [1.807, 2.05) is 18.2 Å². The second-order valence-corrected chi connectivity index (χ2v) is 5.28. The summed E-state index contributed by atoms with van der Waals surface area (Å²) in [6, 6.07) is 8.11. The molecule has 1 N–H and O–H groups in total. The van der Waals surface area contributed by atoms with Crippen LogP contribution in [0.1, 0.15) is 13.3 Å². The number of nitrogens with one attached hydrogen (secondary N) is 1. The lowest BCUT2D eigenvalue weighted by molar-refractivity contribution is 0.404. The summed E-state index contributed by atoms with van der Waals surface area (Å²) in [5, 5.41) is 7.64. The van der Waals surface area contributed by atoms with Gasteiger partial charge in [-0.2, -0.15) is 4.98 Å². The number of hydrogen-bond donors (Lipinski definition) is 1. The topological polar surface area (TPSA) is 59.9 Å². The van der Waals surface area contributed by atoms with Gasteiger partial charge in [-0.1, -0.05) is 6.92 Å². The minimum atomic E-state index is 0.629. The maximum atomic E-state index is 5.50. The number of rotatable bonds is 4. The summed E-state index contributed by atoms with van der Waals surface area (Å²) in [4.78, 5) is 13.4. The third-order valence-electron chi connectivity index (χ3n) is 3.95. The first-order valence-electron chi connectivity index (χ1n) is 7.41. The molecule has 5 nitrogen and oxygen atoms in total. The molecule has 0 unspecified atom stereocenters. The molecule has 4 aromatic rings. The number of aromatic nitrogens is 3. The van der Waals surface area contributed by atoms with Crippen LogP contribution in [0.2, 0.25) is 0 Å². The molecule has 0 atom stereocenters. The molecule has 0 radical (unpaired) electrons. The summed E-state index contributed by atoms with van der Waals surface area (Å²) in [6.45, 7) is 3.00. The molecule has 2 heterocycles. The van der Waals surface area contributed by atoms with Crippen molar-refractivity contribution in [3.63, 3.8) is 0 Å². The molecule has 0 saturated carbocycles. The minimum absolute atomic E-state index is 0.629. The Morgan fingerprint density at radius 1 is 1.00 bits per heavy atom. The van der Waals surface area contributed by atoms with E-state index in [1.165, 1.54) is 0 Å². The smallest absolute Gasteiger partial charge is 0.223 e. The van der Waals surface area contributed by atoms with Crippen LogP contribution in [0.25, 0.3) is 32.6 Å². The number of nitrogens with zero attached hydrogens (tertiary/aromatic N) is 3. The highest BCUT2D eigenvalue weighted by Crippen LogP contribution is 2.39. The molecule has 0 saturated heterocycles. The van der Waals surface area contributed by atoms with Crippen molar-refractivity contribution < 1.29 is 4.74 Å². The van der Waals surface area contributed by atoms with E-state index in [9.17, 15) is 0 Å². The quantitative estimate of drug-likeness (QED) is 0.582. The molecule has 0 amide bonds. The standard InChI is InChI=1S/C17H16N4O/c1-3-8-18-16-10-4-6-12-15-13(20-9-19-12)7-5-11(14(10)15)17(21-16)22-2/h4-7,9H,3,8H2,1-2H3,(H,18,21). The lowest BCUT2D eigenvalue weighted by Gasteiger charge is -2.15. The van der Waals surface area contributed by atoms with Gasteiger partial charge in [0.05, 0.1) is 18.1 Å². The van der Waals surface area contributed by atoms with Crippen LogP contribution in [0.5, 0.6) is 5.88 Å². The molecule has 22 heavy (non-hydrogen) atoms. The third kappa shape index (κ3) is 1.75. The molecule has 0 spiro atoms. The highest BCUT2D eigenvalue weighted by molar-refractivity contribution is 6.24. The van der Waals surface area contributed by atoms with Crippen molar-refractivity contribution in [2.75, 3.05) is 19.0 Å². The van der Waals surface area contributed by atoms with Gasteiger partial charge in [0, 0.05) is 28.1 Å². The van der Waals surface area contributed by atoms with Gasteiger partial charge in [0.1, 0.15) is 12.1 Å². The Balaban J connectivity index is 2.18. The molecule has 0 aliphatic rings. The van der Waals surface area contributed by atoms with Crippen molar-refractivity contribution >= 4 is 38.4 Å².